The van der Waals surface area contributed by atoms with Crippen molar-refractivity contribution in [1.29, 1.82) is 0 Å². The fourth-order valence-corrected chi connectivity index (χ4v) is 2.57. The first-order chi connectivity index (χ1) is 9.10. The number of hydrogen-bond acceptors (Lipinski definition) is 3. The van der Waals surface area contributed by atoms with Crippen molar-refractivity contribution in [2.75, 3.05) is 32.6 Å². The monoisotopic (exact) mass is 282 g/mol. The minimum atomic E-state index is 0.0300. The lowest BCUT2D eigenvalue weighted by molar-refractivity contribution is -0.121. The second-order valence-corrected chi connectivity index (χ2v) is 5.37. The van der Waals surface area contributed by atoms with Gasteiger partial charge in [0.15, 0.2) is 0 Å². The molecule has 0 aromatic heterocycles. The highest BCUT2D eigenvalue weighted by atomic mass is 35.5. The van der Waals surface area contributed by atoms with Crippen molar-refractivity contribution in [3.05, 3.63) is 23.2 Å². The predicted octanol–water partition coefficient (Wildman–Crippen LogP) is 2.63. The molecule has 1 amide bonds. The molecule has 104 valence electrons. The summed E-state index contributed by atoms with van der Waals surface area (Å²) in [6.45, 7) is 1.86. The van der Waals surface area contributed by atoms with E-state index >= 15 is 0 Å². The number of hydrogen-bond donors (Lipinski definition) is 1. The molecule has 0 unspecified atom stereocenters. The summed E-state index contributed by atoms with van der Waals surface area (Å²) < 4.78 is 5.23. The summed E-state index contributed by atoms with van der Waals surface area (Å²) >= 11 is 5.95. The summed E-state index contributed by atoms with van der Waals surface area (Å²) in [7, 11) is 3.62. The number of ether oxygens (including phenoxy) is 1. The molecule has 1 aromatic rings. The van der Waals surface area contributed by atoms with Gasteiger partial charge in [-0.15, -0.1) is 0 Å². The van der Waals surface area contributed by atoms with Crippen molar-refractivity contribution < 1.29 is 9.53 Å². The largest absolute Gasteiger partial charge is 0.495 e. The van der Waals surface area contributed by atoms with Crippen LogP contribution in [0.1, 0.15) is 12.8 Å². The van der Waals surface area contributed by atoms with Crippen LogP contribution in [0.3, 0.4) is 0 Å². The normalized spacial score (nSPS) is 20.1. The second kappa shape index (κ2) is 6.26. The zero-order chi connectivity index (χ0) is 13.8. The van der Waals surface area contributed by atoms with Crippen LogP contribution >= 0.6 is 11.6 Å². The Hall–Kier alpha value is -1.26. The van der Waals surface area contributed by atoms with Gasteiger partial charge in [-0.05, 0) is 44.6 Å². The van der Waals surface area contributed by atoms with E-state index in [1.165, 1.54) is 0 Å². The molecule has 0 radical (unpaired) electrons. The first-order valence-electron chi connectivity index (χ1n) is 6.43. The van der Waals surface area contributed by atoms with E-state index in [-0.39, 0.29) is 11.8 Å². The van der Waals surface area contributed by atoms with Gasteiger partial charge < -0.3 is 15.0 Å². The number of nitrogens with one attached hydrogen (secondary N) is 1. The molecule has 5 heteroatoms. The lowest BCUT2D eigenvalue weighted by atomic mass is 9.97. The number of halogens is 1. The molecule has 1 aliphatic rings. The van der Waals surface area contributed by atoms with Gasteiger partial charge in [0, 0.05) is 11.6 Å². The fourth-order valence-electron chi connectivity index (χ4n) is 2.39. The van der Waals surface area contributed by atoms with Gasteiger partial charge in [0.05, 0.1) is 18.7 Å². The standard InChI is InChI=1S/C14H19ClN2O2/c1-17-7-3-4-10(9-17)14(18)16-12-8-11(15)5-6-13(12)19-2/h5-6,8,10H,3-4,7,9H2,1-2H3,(H,16,18)/t10-/m1/s1. The van der Waals surface area contributed by atoms with E-state index in [2.05, 4.69) is 10.2 Å². The molecule has 1 aliphatic heterocycles. The van der Waals surface area contributed by atoms with Crippen LogP contribution in [0, 0.1) is 5.92 Å². The molecule has 0 saturated carbocycles. The Bertz CT molecular complexity index is 465. The molecular weight excluding hydrogens is 264 g/mol. The number of rotatable bonds is 3. The van der Waals surface area contributed by atoms with E-state index in [9.17, 15) is 4.79 Å². The Labute approximate surface area is 118 Å². The smallest absolute Gasteiger partial charge is 0.228 e. The van der Waals surface area contributed by atoms with Crippen molar-refractivity contribution in [1.82, 2.24) is 4.90 Å². The first-order valence-corrected chi connectivity index (χ1v) is 6.81. The lowest BCUT2D eigenvalue weighted by Crippen LogP contribution is -2.38. The third kappa shape index (κ3) is 3.61. The van der Waals surface area contributed by atoms with Crippen LogP contribution in [-0.2, 0) is 4.79 Å². The zero-order valence-corrected chi connectivity index (χ0v) is 12.0. The molecule has 0 spiro atoms. The quantitative estimate of drug-likeness (QED) is 0.927. The van der Waals surface area contributed by atoms with Crippen molar-refractivity contribution in [2.45, 2.75) is 12.8 Å². The number of piperidine rings is 1. The van der Waals surface area contributed by atoms with Crippen LogP contribution in [0.25, 0.3) is 0 Å². The van der Waals surface area contributed by atoms with Crippen LogP contribution in [-0.4, -0.2) is 38.1 Å². The van der Waals surface area contributed by atoms with Gasteiger partial charge in [-0.25, -0.2) is 0 Å². The van der Waals surface area contributed by atoms with Crippen LogP contribution < -0.4 is 10.1 Å². The SMILES string of the molecule is COc1ccc(Cl)cc1NC(=O)[C@@H]1CCCN(C)C1. The highest BCUT2D eigenvalue weighted by Gasteiger charge is 2.24. The summed E-state index contributed by atoms with van der Waals surface area (Å²) in [5, 5.41) is 3.50. The summed E-state index contributed by atoms with van der Waals surface area (Å²) in [6, 6.07) is 5.21. The van der Waals surface area contributed by atoms with Gasteiger partial charge in [0.2, 0.25) is 5.91 Å². The summed E-state index contributed by atoms with van der Waals surface area (Å²) in [6.07, 6.45) is 1.99. The molecular formula is C14H19ClN2O2. The number of benzene rings is 1. The minimum absolute atomic E-state index is 0.0300. The molecule has 1 saturated heterocycles. The van der Waals surface area contributed by atoms with Crippen molar-refractivity contribution >= 4 is 23.2 Å². The highest BCUT2D eigenvalue weighted by Crippen LogP contribution is 2.28. The maximum Gasteiger partial charge on any atom is 0.228 e. The number of amides is 1. The van der Waals surface area contributed by atoms with Crippen molar-refractivity contribution in [3.63, 3.8) is 0 Å². The average Bonchev–Trinajstić information content (AvgIpc) is 2.39. The van der Waals surface area contributed by atoms with E-state index < -0.39 is 0 Å². The Balaban J connectivity index is 2.07. The van der Waals surface area contributed by atoms with Crippen LogP contribution in [0.2, 0.25) is 5.02 Å². The van der Waals surface area contributed by atoms with E-state index in [0.717, 1.165) is 25.9 Å². The third-order valence-electron chi connectivity index (χ3n) is 3.41. The number of methoxy groups -OCH3 is 1. The molecule has 1 atom stereocenters. The molecule has 4 nitrogen and oxygen atoms in total. The van der Waals surface area contributed by atoms with Gasteiger partial charge >= 0.3 is 0 Å². The maximum atomic E-state index is 12.3. The summed E-state index contributed by atoms with van der Waals surface area (Å²) in [5.41, 5.74) is 0.633. The molecule has 0 bridgehead atoms. The molecule has 1 fully saturated rings. The highest BCUT2D eigenvalue weighted by molar-refractivity contribution is 6.31. The molecule has 1 N–H and O–H groups in total. The second-order valence-electron chi connectivity index (χ2n) is 4.94. The number of likely N-dealkylation sites (tertiary alicyclic amines) is 1. The fraction of sp³-hybridized carbons (Fsp3) is 0.500. The molecule has 2 rings (SSSR count). The van der Waals surface area contributed by atoms with Gasteiger partial charge in [-0.2, -0.15) is 0 Å². The predicted molar refractivity (Wildman–Crippen MR) is 76.9 cm³/mol. The first kappa shape index (κ1) is 14.2. The van der Waals surface area contributed by atoms with Crippen molar-refractivity contribution in [3.8, 4) is 5.75 Å². The maximum absolute atomic E-state index is 12.3. The molecule has 0 aliphatic carbocycles. The Morgan fingerprint density at radius 3 is 3.00 bits per heavy atom. The lowest BCUT2D eigenvalue weighted by Gasteiger charge is -2.28. The van der Waals surface area contributed by atoms with Crippen LogP contribution in [0.4, 0.5) is 5.69 Å². The number of nitrogens with zero attached hydrogens (tertiary/aromatic N) is 1. The van der Waals surface area contributed by atoms with E-state index in [0.29, 0.717) is 16.5 Å². The Kier molecular flexibility index (Phi) is 4.66. The third-order valence-corrected chi connectivity index (χ3v) is 3.65. The van der Waals surface area contributed by atoms with E-state index in [1.807, 2.05) is 7.05 Å². The van der Waals surface area contributed by atoms with Crippen LogP contribution in [0.5, 0.6) is 5.75 Å². The Morgan fingerprint density at radius 2 is 2.32 bits per heavy atom. The minimum Gasteiger partial charge on any atom is -0.495 e. The van der Waals surface area contributed by atoms with Gasteiger partial charge in [-0.3, -0.25) is 4.79 Å². The number of carbonyl (C=O) groups is 1. The van der Waals surface area contributed by atoms with Crippen molar-refractivity contribution in [2.24, 2.45) is 5.92 Å². The average molecular weight is 283 g/mol. The topological polar surface area (TPSA) is 41.6 Å². The van der Waals surface area contributed by atoms with Crippen LogP contribution in [0.15, 0.2) is 18.2 Å². The summed E-state index contributed by atoms with van der Waals surface area (Å²) in [5.74, 6) is 0.691. The molecule has 19 heavy (non-hydrogen) atoms. The molecule has 1 aromatic carbocycles. The Morgan fingerprint density at radius 1 is 1.53 bits per heavy atom. The summed E-state index contributed by atoms with van der Waals surface area (Å²) in [4.78, 5) is 14.4. The van der Waals surface area contributed by atoms with Gasteiger partial charge in [0.25, 0.3) is 0 Å². The van der Waals surface area contributed by atoms with E-state index in [1.54, 1.807) is 25.3 Å². The number of carbonyl (C=O) groups excluding carboxylic acids is 1. The zero-order valence-electron chi connectivity index (χ0n) is 11.3. The molecule has 1 heterocycles. The van der Waals surface area contributed by atoms with E-state index in [4.69, 9.17) is 16.3 Å². The van der Waals surface area contributed by atoms with Gasteiger partial charge in [0.1, 0.15) is 5.75 Å². The number of anilines is 1. The van der Waals surface area contributed by atoms with Gasteiger partial charge in [-0.1, -0.05) is 11.6 Å².